The van der Waals surface area contributed by atoms with Crippen molar-refractivity contribution in [2.75, 3.05) is 0 Å². The van der Waals surface area contributed by atoms with E-state index in [0.29, 0.717) is 0 Å². The molecule has 0 heterocycles. The molecule has 0 amide bonds. The second-order valence-electron chi connectivity index (χ2n) is 3.55. The lowest BCUT2D eigenvalue weighted by atomic mass is 10.2. The molecular formula is C14H24O. The first-order valence-corrected chi connectivity index (χ1v) is 6.04. The quantitative estimate of drug-likeness (QED) is 0.295. The van der Waals surface area contributed by atoms with Crippen molar-refractivity contribution in [2.45, 2.75) is 52.4 Å². The summed E-state index contributed by atoms with van der Waals surface area (Å²) in [7, 11) is 0. The lowest BCUT2D eigenvalue weighted by molar-refractivity contribution is 0.400. The Morgan fingerprint density at radius 3 is 2.13 bits per heavy atom. The Kier molecular flexibility index (Phi) is 12.2. The van der Waals surface area contributed by atoms with Gasteiger partial charge in [-0.3, -0.25) is 0 Å². The Hall–Kier alpha value is -0.980. The van der Waals surface area contributed by atoms with Crippen LogP contribution in [0.3, 0.4) is 0 Å². The molecule has 1 heteroatoms. The Morgan fingerprint density at radius 2 is 1.47 bits per heavy atom. The van der Waals surface area contributed by atoms with E-state index in [9.17, 15) is 0 Å². The fraction of sp³-hybridized carbons (Fsp3) is 0.571. The Morgan fingerprint density at radius 1 is 0.800 bits per heavy atom. The first kappa shape index (κ1) is 14.0. The van der Waals surface area contributed by atoms with E-state index in [2.05, 4.69) is 26.0 Å². The SMILES string of the molecule is CCCCC=CC=COC=CCCCC. The Balaban J connectivity index is 3.30. The highest BCUT2D eigenvalue weighted by molar-refractivity contribution is 5.00. The van der Waals surface area contributed by atoms with Crippen LogP contribution in [-0.4, -0.2) is 0 Å². The average Bonchev–Trinajstić information content (AvgIpc) is 2.26. The van der Waals surface area contributed by atoms with Crippen molar-refractivity contribution in [2.24, 2.45) is 0 Å². The van der Waals surface area contributed by atoms with E-state index >= 15 is 0 Å². The van der Waals surface area contributed by atoms with E-state index in [1.54, 1.807) is 12.5 Å². The van der Waals surface area contributed by atoms with Gasteiger partial charge < -0.3 is 4.74 Å². The molecule has 0 aliphatic rings. The highest BCUT2D eigenvalue weighted by Gasteiger charge is 1.77. The molecule has 0 atom stereocenters. The molecule has 15 heavy (non-hydrogen) atoms. The molecule has 0 radical (unpaired) electrons. The number of allylic oxidation sites excluding steroid dienone is 4. The van der Waals surface area contributed by atoms with E-state index in [1.165, 1.54) is 25.7 Å². The summed E-state index contributed by atoms with van der Waals surface area (Å²) < 4.78 is 5.17. The van der Waals surface area contributed by atoms with Gasteiger partial charge in [0, 0.05) is 0 Å². The van der Waals surface area contributed by atoms with Crippen LogP contribution in [0.2, 0.25) is 0 Å². The predicted molar refractivity (Wildman–Crippen MR) is 67.6 cm³/mol. The normalized spacial score (nSPS) is 12.1. The number of hydrogen-bond donors (Lipinski definition) is 0. The minimum atomic E-state index is 1.11. The van der Waals surface area contributed by atoms with Gasteiger partial charge >= 0.3 is 0 Å². The van der Waals surface area contributed by atoms with Crippen molar-refractivity contribution in [3.05, 3.63) is 36.8 Å². The highest BCUT2D eigenvalue weighted by atomic mass is 16.5. The lowest BCUT2D eigenvalue weighted by Gasteiger charge is -1.89. The summed E-state index contributed by atoms with van der Waals surface area (Å²) in [4.78, 5) is 0. The highest BCUT2D eigenvalue weighted by Crippen LogP contribution is 1.96. The first-order chi connectivity index (χ1) is 7.41. The van der Waals surface area contributed by atoms with Crippen LogP contribution in [0.15, 0.2) is 36.8 Å². The molecule has 0 aliphatic heterocycles. The van der Waals surface area contributed by atoms with E-state index in [-0.39, 0.29) is 0 Å². The van der Waals surface area contributed by atoms with Crippen molar-refractivity contribution < 1.29 is 4.74 Å². The van der Waals surface area contributed by atoms with Crippen LogP contribution in [0.1, 0.15) is 52.4 Å². The van der Waals surface area contributed by atoms with Gasteiger partial charge in [-0.15, -0.1) is 0 Å². The summed E-state index contributed by atoms with van der Waals surface area (Å²) in [6, 6.07) is 0. The van der Waals surface area contributed by atoms with Gasteiger partial charge in [0.05, 0.1) is 12.5 Å². The monoisotopic (exact) mass is 208 g/mol. The van der Waals surface area contributed by atoms with Gasteiger partial charge in [-0.25, -0.2) is 0 Å². The zero-order valence-electron chi connectivity index (χ0n) is 10.1. The minimum Gasteiger partial charge on any atom is -0.473 e. The second-order valence-corrected chi connectivity index (χ2v) is 3.55. The molecule has 1 nitrogen and oxygen atoms in total. The van der Waals surface area contributed by atoms with E-state index < -0.39 is 0 Å². The third-order valence-electron chi connectivity index (χ3n) is 2.03. The molecule has 0 N–H and O–H groups in total. The van der Waals surface area contributed by atoms with Crippen LogP contribution in [0.25, 0.3) is 0 Å². The lowest BCUT2D eigenvalue weighted by Crippen LogP contribution is -1.69. The van der Waals surface area contributed by atoms with E-state index in [0.717, 1.165) is 12.8 Å². The van der Waals surface area contributed by atoms with Crippen LogP contribution in [-0.2, 0) is 4.74 Å². The third-order valence-corrected chi connectivity index (χ3v) is 2.03. The number of hydrogen-bond acceptors (Lipinski definition) is 1. The van der Waals surface area contributed by atoms with Crippen LogP contribution in [0.4, 0.5) is 0 Å². The molecule has 0 fully saturated rings. The molecule has 86 valence electrons. The topological polar surface area (TPSA) is 9.23 Å². The average molecular weight is 208 g/mol. The van der Waals surface area contributed by atoms with Gasteiger partial charge in [-0.2, -0.15) is 0 Å². The molecule has 0 saturated heterocycles. The summed E-state index contributed by atoms with van der Waals surface area (Å²) in [5.74, 6) is 0. The molecule has 0 spiro atoms. The summed E-state index contributed by atoms with van der Waals surface area (Å²) in [5.41, 5.74) is 0. The van der Waals surface area contributed by atoms with Gasteiger partial charge in [0.2, 0.25) is 0 Å². The van der Waals surface area contributed by atoms with Crippen molar-refractivity contribution in [1.29, 1.82) is 0 Å². The van der Waals surface area contributed by atoms with Crippen molar-refractivity contribution in [3.8, 4) is 0 Å². The fourth-order valence-corrected chi connectivity index (χ4v) is 1.08. The predicted octanol–water partition coefficient (Wildman–Crippen LogP) is 4.97. The molecule has 0 saturated carbocycles. The fourth-order valence-electron chi connectivity index (χ4n) is 1.08. The summed E-state index contributed by atoms with van der Waals surface area (Å²) in [5, 5.41) is 0. The molecule has 0 unspecified atom stereocenters. The van der Waals surface area contributed by atoms with Crippen LogP contribution >= 0.6 is 0 Å². The standard InChI is InChI=1S/C14H24O/c1-3-5-7-9-10-12-14-15-13-11-8-6-4-2/h9-14H,3-8H2,1-2H3. The largest absolute Gasteiger partial charge is 0.473 e. The van der Waals surface area contributed by atoms with Gasteiger partial charge in [0.25, 0.3) is 0 Å². The molecule has 0 aromatic rings. The molecule has 0 rings (SSSR count). The first-order valence-electron chi connectivity index (χ1n) is 6.04. The maximum Gasteiger partial charge on any atom is 0.0901 e. The molecule has 0 aromatic heterocycles. The number of rotatable bonds is 9. The number of ether oxygens (including phenoxy) is 1. The smallest absolute Gasteiger partial charge is 0.0901 e. The molecule has 0 aromatic carbocycles. The Labute approximate surface area is 94.5 Å². The summed E-state index contributed by atoms with van der Waals surface area (Å²) in [6.45, 7) is 4.39. The van der Waals surface area contributed by atoms with Gasteiger partial charge in [0.1, 0.15) is 0 Å². The zero-order valence-corrected chi connectivity index (χ0v) is 10.1. The van der Waals surface area contributed by atoms with Gasteiger partial charge in [0.15, 0.2) is 0 Å². The second kappa shape index (κ2) is 13.0. The van der Waals surface area contributed by atoms with Crippen molar-refractivity contribution >= 4 is 0 Å². The minimum absolute atomic E-state index is 1.11. The van der Waals surface area contributed by atoms with Crippen molar-refractivity contribution in [1.82, 2.24) is 0 Å². The maximum atomic E-state index is 5.17. The molecule has 0 aliphatic carbocycles. The third kappa shape index (κ3) is 13.0. The van der Waals surface area contributed by atoms with Crippen LogP contribution < -0.4 is 0 Å². The molecular weight excluding hydrogens is 184 g/mol. The number of unbranched alkanes of at least 4 members (excludes halogenated alkanes) is 4. The van der Waals surface area contributed by atoms with Gasteiger partial charge in [-0.1, -0.05) is 45.3 Å². The molecule has 0 bridgehead atoms. The summed E-state index contributed by atoms with van der Waals surface area (Å²) in [6.07, 6.45) is 18.9. The van der Waals surface area contributed by atoms with Crippen LogP contribution in [0.5, 0.6) is 0 Å². The van der Waals surface area contributed by atoms with Gasteiger partial charge in [-0.05, 0) is 31.4 Å². The zero-order chi connectivity index (χ0) is 11.2. The maximum absolute atomic E-state index is 5.17. The van der Waals surface area contributed by atoms with E-state index in [4.69, 9.17) is 4.74 Å². The summed E-state index contributed by atoms with van der Waals surface area (Å²) >= 11 is 0. The van der Waals surface area contributed by atoms with E-state index in [1.807, 2.05) is 12.2 Å². The van der Waals surface area contributed by atoms with Crippen molar-refractivity contribution in [3.63, 3.8) is 0 Å². The van der Waals surface area contributed by atoms with Crippen LogP contribution in [0, 0.1) is 0 Å². The Bertz CT molecular complexity index is 190.